The van der Waals surface area contributed by atoms with Crippen molar-refractivity contribution in [1.82, 2.24) is 9.97 Å². The molecule has 0 unspecified atom stereocenters. The maximum Gasteiger partial charge on any atom is 0.251 e. The maximum absolute atomic E-state index is 11.9. The van der Waals surface area contributed by atoms with E-state index in [1.54, 1.807) is 13.2 Å². The Kier molecular flexibility index (Phi) is 4.97. The predicted molar refractivity (Wildman–Crippen MR) is 79.8 cm³/mol. The van der Waals surface area contributed by atoms with Crippen molar-refractivity contribution in [1.29, 1.82) is 0 Å². The van der Waals surface area contributed by atoms with E-state index in [1.165, 1.54) is 12.8 Å². The van der Waals surface area contributed by atoms with Crippen LogP contribution in [0.25, 0.3) is 0 Å². The summed E-state index contributed by atoms with van der Waals surface area (Å²) in [7, 11) is 1.74. The zero-order chi connectivity index (χ0) is 14.6. The first kappa shape index (κ1) is 15.2. The molecule has 4 nitrogen and oxygen atoms in total. The Hall–Kier alpha value is -1.16. The molecule has 0 bridgehead atoms. The molecule has 1 aliphatic carbocycles. The third-order valence-electron chi connectivity index (χ3n) is 4.15. The Bertz CT molecular complexity index is 485. The van der Waals surface area contributed by atoms with Crippen molar-refractivity contribution < 1.29 is 4.74 Å². The van der Waals surface area contributed by atoms with Crippen LogP contribution in [-0.4, -0.2) is 17.1 Å². The van der Waals surface area contributed by atoms with E-state index < -0.39 is 5.60 Å². The number of aromatic nitrogens is 2. The molecule has 0 amide bonds. The molecule has 1 aliphatic rings. The first-order valence-electron chi connectivity index (χ1n) is 7.71. The minimum absolute atomic E-state index is 0.0636. The Morgan fingerprint density at radius 3 is 2.50 bits per heavy atom. The molecule has 1 aromatic rings. The zero-order valence-electron chi connectivity index (χ0n) is 12.9. The summed E-state index contributed by atoms with van der Waals surface area (Å²) in [6, 6.07) is 1.61. The summed E-state index contributed by atoms with van der Waals surface area (Å²) >= 11 is 0. The molecule has 0 spiro atoms. The van der Waals surface area contributed by atoms with E-state index >= 15 is 0 Å². The van der Waals surface area contributed by atoms with Crippen LogP contribution in [-0.2, 0) is 16.8 Å². The fourth-order valence-corrected chi connectivity index (χ4v) is 3.08. The number of hydrogen-bond donors (Lipinski definition) is 1. The van der Waals surface area contributed by atoms with Gasteiger partial charge in [0.2, 0.25) is 0 Å². The summed E-state index contributed by atoms with van der Waals surface area (Å²) in [6.45, 7) is 4.28. The zero-order valence-corrected chi connectivity index (χ0v) is 12.9. The van der Waals surface area contributed by atoms with Gasteiger partial charge in [-0.3, -0.25) is 4.79 Å². The molecule has 0 aliphatic heterocycles. The number of H-pyrrole nitrogens is 1. The van der Waals surface area contributed by atoms with Gasteiger partial charge in [-0.25, -0.2) is 4.98 Å². The quantitative estimate of drug-likeness (QED) is 0.861. The van der Waals surface area contributed by atoms with Gasteiger partial charge in [-0.05, 0) is 25.2 Å². The molecule has 1 aromatic heterocycles. The van der Waals surface area contributed by atoms with Crippen LogP contribution < -0.4 is 5.56 Å². The lowest BCUT2D eigenvalue weighted by atomic mass is 9.93. The highest BCUT2D eigenvalue weighted by Crippen LogP contribution is 2.36. The van der Waals surface area contributed by atoms with Gasteiger partial charge in [0.25, 0.3) is 5.56 Å². The predicted octanol–water partition coefficient (Wildman–Crippen LogP) is 3.16. The summed E-state index contributed by atoms with van der Waals surface area (Å²) in [5, 5.41) is 0. The molecule has 1 heterocycles. The van der Waals surface area contributed by atoms with E-state index in [1.807, 2.05) is 0 Å². The second kappa shape index (κ2) is 6.53. The molecule has 20 heavy (non-hydrogen) atoms. The number of rotatable bonds is 4. The van der Waals surface area contributed by atoms with E-state index in [2.05, 4.69) is 18.8 Å². The Morgan fingerprint density at radius 2 is 1.95 bits per heavy atom. The van der Waals surface area contributed by atoms with Crippen LogP contribution >= 0.6 is 0 Å². The van der Waals surface area contributed by atoms with Gasteiger partial charge in [-0.2, -0.15) is 0 Å². The van der Waals surface area contributed by atoms with Gasteiger partial charge >= 0.3 is 0 Å². The standard InChI is InChI=1S/C16H26N2O2/c1-12(2)10-13-11-14(19)18-15(17-13)16(20-3)8-6-4-5-7-9-16/h11-12H,4-10H2,1-3H3,(H,17,18,19). The van der Waals surface area contributed by atoms with Crippen molar-refractivity contribution in [3.8, 4) is 0 Å². The molecule has 1 N–H and O–H groups in total. The van der Waals surface area contributed by atoms with E-state index in [9.17, 15) is 4.79 Å². The lowest BCUT2D eigenvalue weighted by molar-refractivity contribution is -0.0355. The minimum atomic E-state index is -0.400. The van der Waals surface area contributed by atoms with Gasteiger partial charge in [-0.1, -0.05) is 39.5 Å². The largest absolute Gasteiger partial charge is 0.370 e. The number of nitrogens with zero attached hydrogens (tertiary/aromatic N) is 1. The van der Waals surface area contributed by atoms with Gasteiger partial charge in [0.1, 0.15) is 11.4 Å². The fourth-order valence-electron chi connectivity index (χ4n) is 3.08. The van der Waals surface area contributed by atoms with Gasteiger partial charge in [-0.15, -0.1) is 0 Å². The van der Waals surface area contributed by atoms with Gasteiger partial charge in [0, 0.05) is 18.9 Å². The second-order valence-corrected chi connectivity index (χ2v) is 6.30. The van der Waals surface area contributed by atoms with Crippen molar-refractivity contribution in [3.63, 3.8) is 0 Å². The first-order valence-corrected chi connectivity index (χ1v) is 7.71. The smallest absolute Gasteiger partial charge is 0.251 e. The molecule has 4 heteroatoms. The highest BCUT2D eigenvalue weighted by atomic mass is 16.5. The van der Waals surface area contributed by atoms with E-state index in [-0.39, 0.29) is 5.56 Å². The number of ether oxygens (including phenoxy) is 1. The molecule has 2 rings (SSSR count). The van der Waals surface area contributed by atoms with Gasteiger partial charge in [0.15, 0.2) is 0 Å². The van der Waals surface area contributed by atoms with Crippen LogP contribution in [0.3, 0.4) is 0 Å². The third kappa shape index (κ3) is 3.48. The van der Waals surface area contributed by atoms with E-state index in [0.717, 1.165) is 43.6 Å². The molecular weight excluding hydrogens is 252 g/mol. The fraction of sp³-hybridized carbons (Fsp3) is 0.750. The molecule has 1 saturated carbocycles. The Morgan fingerprint density at radius 1 is 1.30 bits per heavy atom. The summed E-state index contributed by atoms with van der Waals surface area (Å²) in [5.41, 5.74) is 0.411. The van der Waals surface area contributed by atoms with E-state index in [0.29, 0.717) is 5.92 Å². The number of aromatic amines is 1. The number of methoxy groups -OCH3 is 1. The summed E-state index contributed by atoms with van der Waals surface area (Å²) in [6.07, 6.45) is 7.45. The molecule has 0 saturated heterocycles. The average Bonchev–Trinajstić information content (AvgIpc) is 2.63. The molecule has 112 valence electrons. The maximum atomic E-state index is 11.9. The van der Waals surface area contributed by atoms with Crippen molar-refractivity contribution >= 4 is 0 Å². The molecule has 0 atom stereocenters. The van der Waals surface area contributed by atoms with E-state index in [4.69, 9.17) is 9.72 Å². The molecule has 1 fully saturated rings. The average molecular weight is 278 g/mol. The third-order valence-corrected chi connectivity index (χ3v) is 4.15. The Labute approximate surface area is 121 Å². The molecular formula is C16H26N2O2. The summed E-state index contributed by atoms with van der Waals surface area (Å²) < 4.78 is 5.83. The monoisotopic (exact) mass is 278 g/mol. The van der Waals surface area contributed by atoms with Gasteiger partial charge in [0.05, 0.1) is 0 Å². The van der Waals surface area contributed by atoms with Crippen LogP contribution in [0, 0.1) is 5.92 Å². The van der Waals surface area contributed by atoms with Crippen molar-refractivity contribution in [2.75, 3.05) is 7.11 Å². The minimum Gasteiger partial charge on any atom is -0.370 e. The normalized spacial score (nSPS) is 19.0. The highest BCUT2D eigenvalue weighted by molar-refractivity contribution is 5.10. The lowest BCUT2D eigenvalue weighted by Crippen LogP contribution is -2.33. The summed E-state index contributed by atoms with van der Waals surface area (Å²) in [5.74, 6) is 1.22. The van der Waals surface area contributed by atoms with Crippen molar-refractivity contribution in [2.24, 2.45) is 5.92 Å². The van der Waals surface area contributed by atoms with Crippen molar-refractivity contribution in [2.45, 2.75) is 64.4 Å². The van der Waals surface area contributed by atoms with Crippen LogP contribution in [0.1, 0.15) is 63.9 Å². The van der Waals surface area contributed by atoms with Crippen LogP contribution in [0.2, 0.25) is 0 Å². The number of hydrogen-bond acceptors (Lipinski definition) is 3. The van der Waals surface area contributed by atoms with Gasteiger partial charge < -0.3 is 9.72 Å². The summed E-state index contributed by atoms with van der Waals surface area (Å²) in [4.78, 5) is 19.5. The lowest BCUT2D eigenvalue weighted by Gasteiger charge is -2.30. The molecule has 0 aromatic carbocycles. The number of nitrogens with one attached hydrogen (secondary N) is 1. The van der Waals surface area contributed by atoms with Crippen LogP contribution in [0.4, 0.5) is 0 Å². The second-order valence-electron chi connectivity index (χ2n) is 6.30. The highest BCUT2D eigenvalue weighted by Gasteiger charge is 2.35. The van der Waals surface area contributed by atoms with Crippen LogP contribution in [0.5, 0.6) is 0 Å². The SMILES string of the molecule is COC1(c2nc(CC(C)C)cc(=O)[nH]2)CCCCCC1. The van der Waals surface area contributed by atoms with Crippen molar-refractivity contribution in [3.05, 3.63) is 27.9 Å². The first-order chi connectivity index (χ1) is 9.55. The topological polar surface area (TPSA) is 55.0 Å². The Balaban J connectivity index is 2.37. The molecule has 0 radical (unpaired) electrons. The van der Waals surface area contributed by atoms with Crippen LogP contribution in [0.15, 0.2) is 10.9 Å².